The summed E-state index contributed by atoms with van der Waals surface area (Å²) in [6.07, 6.45) is 1.71. The molecule has 1 aliphatic heterocycles. The molecule has 0 aromatic heterocycles. The number of carbonyl (C=O) groups excluding carboxylic acids is 2. The first kappa shape index (κ1) is 32.2. The van der Waals surface area contributed by atoms with E-state index in [2.05, 4.69) is 5.32 Å². The van der Waals surface area contributed by atoms with Gasteiger partial charge < -0.3 is 19.7 Å². The van der Waals surface area contributed by atoms with Crippen molar-refractivity contribution in [3.05, 3.63) is 88.9 Å². The quantitative estimate of drug-likeness (QED) is 0.269. The second kappa shape index (κ2) is 14.6. The van der Waals surface area contributed by atoms with Gasteiger partial charge >= 0.3 is 0 Å². The van der Waals surface area contributed by atoms with Crippen LogP contribution in [0.4, 0.5) is 5.69 Å². The monoisotopic (exact) mass is 627 g/mol. The van der Waals surface area contributed by atoms with Crippen molar-refractivity contribution in [3.8, 4) is 11.5 Å². The molecular formula is C32H38ClN3O6S. The number of anilines is 1. The molecular weight excluding hydrogens is 590 g/mol. The van der Waals surface area contributed by atoms with Crippen LogP contribution in [0.2, 0.25) is 5.02 Å². The summed E-state index contributed by atoms with van der Waals surface area (Å²) in [4.78, 5) is 29.1. The molecule has 0 saturated heterocycles. The van der Waals surface area contributed by atoms with Crippen molar-refractivity contribution in [2.45, 2.75) is 45.7 Å². The highest BCUT2D eigenvalue weighted by Gasteiger charge is 2.31. The minimum absolute atomic E-state index is 0.0277. The molecule has 9 nitrogen and oxygen atoms in total. The van der Waals surface area contributed by atoms with E-state index < -0.39 is 16.1 Å². The summed E-state index contributed by atoms with van der Waals surface area (Å²) in [5.74, 6) is 0.734. The molecule has 230 valence electrons. The lowest BCUT2D eigenvalue weighted by Gasteiger charge is -2.32. The van der Waals surface area contributed by atoms with E-state index in [9.17, 15) is 18.0 Å². The number of halogens is 1. The van der Waals surface area contributed by atoms with E-state index in [1.54, 1.807) is 41.3 Å². The number of hydrogen-bond donors (Lipinski definition) is 1. The molecule has 0 fully saturated rings. The van der Waals surface area contributed by atoms with E-state index in [1.165, 1.54) is 4.31 Å². The fourth-order valence-electron chi connectivity index (χ4n) is 4.85. The van der Waals surface area contributed by atoms with Crippen LogP contribution in [0, 0.1) is 5.92 Å². The third-order valence-corrected chi connectivity index (χ3v) is 8.42. The Hall–Kier alpha value is -3.76. The molecule has 3 aromatic carbocycles. The van der Waals surface area contributed by atoms with Crippen molar-refractivity contribution >= 4 is 39.1 Å². The molecule has 0 saturated carbocycles. The number of nitrogens with one attached hydrogen (secondary N) is 1. The minimum atomic E-state index is -3.66. The molecule has 2 amide bonds. The maximum Gasteiger partial charge on any atom is 0.243 e. The molecule has 1 heterocycles. The predicted octanol–water partition coefficient (Wildman–Crippen LogP) is 5.03. The van der Waals surface area contributed by atoms with Crippen molar-refractivity contribution in [1.82, 2.24) is 10.2 Å². The second-order valence-corrected chi connectivity index (χ2v) is 13.3. The highest BCUT2D eigenvalue weighted by Crippen LogP contribution is 2.36. The van der Waals surface area contributed by atoms with Gasteiger partial charge in [-0.3, -0.25) is 13.9 Å². The summed E-state index contributed by atoms with van der Waals surface area (Å²) in [5.41, 5.74) is 2.13. The van der Waals surface area contributed by atoms with Crippen molar-refractivity contribution in [2.75, 3.05) is 30.4 Å². The molecule has 1 N–H and O–H groups in total. The predicted molar refractivity (Wildman–Crippen MR) is 168 cm³/mol. The first-order chi connectivity index (χ1) is 20.5. The highest BCUT2D eigenvalue weighted by molar-refractivity contribution is 7.92. The molecule has 0 radical (unpaired) electrons. The average molecular weight is 628 g/mol. The topological polar surface area (TPSA) is 105 Å². The standard InChI is InChI=1S/C32H38ClN3O6S/c1-23(2)20-34-32(38)28(18-24-9-5-4-6-10-24)35(21-25-11-7-12-26(33)17-25)31(37)13-8-16-36(43(3,39)40)27-14-15-29-30(19-27)42-22-41-29/h4-7,9-12,14-15,17,19,23,28H,8,13,16,18,20-22H2,1-3H3,(H,34,38). The summed E-state index contributed by atoms with van der Waals surface area (Å²) in [5, 5.41) is 3.53. The molecule has 3 aromatic rings. The van der Waals surface area contributed by atoms with Gasteiger partial charge in [0.1, 0.15) is 6.04 Å². The largest absolute Gasteiger partial charge is 0.454 e. The zero-order chi connectivity index (χ0) is 31.0. The second-order valence-electron chi connectivity index (χ2n) is 11.0. The van der Waals surface area contributed by atoms with Gasteiger partial charge in [0, 0.05) is 43.6 Å². The van der Waals surface area contributed by atoms with Crippen LogP contribution in [0.3, 0.4) is 0 Å². The van der Waals surface area contributed by atoms with E-state index in [0.717, 1.165) is 17.4 Å². The molecule has 0 spiro atoms. The number of ether oxygens (including phenoxy) is 2. The van der Waals surface area contributed by atoms with Gasteiger partial charge in [0.05, 0.1) is 11.9 Å². The highest BCUT2D eigenvalue weighted by atomic mass is 35.5. The number of sulfonamides is 1. The van der Waals surface area contributed by atoms with Crippen LogP contribution < -0.4 is 19.1 Å². The zero-order valence-corrected chi connectivity index (χ0v) is 26.2. The van der Waals surface area contributed by atoms with E-state index in [0.29, 0.717) is 35.2 Å². The molecule has 11 heteroatoms. The lowest BCUT2D eigenvalue weighted by molar-refractivity contribution is -0.141. The van der Waals surface area contributed by atoms with Crippen LogP contribution in [0.1, 0.15) is 37.8 Å². The van der Waals surface area contributed by atoms with Gasteiger partial charge in [-0.1, -0.05) is 67.9 Å². The van der Waals surface area contributed by atoms with Crippen LogP contribution in [-0.2, 0) is 32.6 Å². The molecule has 4 rings (SSSR count). The SMILES string of the molecule is CC(C)CNC(=O)C(Cc1ccccc1)N(Cc1cccc(Cl)c1)C(=O)CCCN(c1ccc2c(c1)OCO2)S(C)(=O)=O. The van der Waals surface area contributed by atoms with Gasteiger partial charge in [0.25, 0.3) is 0 Å². The first-order valence-electron chi connectivity index (χ1n) is 14.2. The summed E-state index contributed by atoms with van der Waals surface area (Å²) in [7, 11) is -3.66. The Morgan fingerprint density at radius 1 is 0.953 bits per heavy atom. The number of rotatable bonds is 14. The minimum Gasteiger partial charge on any atom is -0.454 e. The Balaban J connectivity index is 1.57. The van der Waals surface area contributed by atoms with Crippen LogP contribution in [-0.4, -0.2) is 57.3 Å². The first-order valence-corrected chi connectivity index (χ1v) is 16.5. The maximum atomic E-state index is 13.9. The third-order valence-electron chi connectivity index (χ3n) is 6.99. The number of nitrogens with zero attached hydrogens (tertiary/aromatic N) is 2. The Morgan fingerprint density at radius 2 is 1.67 bits per heavy atom. The Kier molecular flexibility index (Phi) is 10.9. The number of carbonyl (C=O) groups is 2. The molecule has 1 unspecified atom stereocenters. The van der Waals surface area contributed by atoms with Gasteiger partial charge in [0.15, 0.2) is 11.5 Å². The summed E-state index contributed by atoms with van der Waals surface area (Å²) in [6, 6.07) is 20.9. The number of amides is 2. The summed E-state index contributed by atoms with van der Waals surface area (Å²) in [6.45, 7) is 4.80. The van der Waals surface area contributed by atoms with E-state index in [-0.39, 0.29) is 50.5 Å². The summed E-state index contributed by atoms with van der Waals surface area (Å²) < 4.78 is 37.5. The molecule has 0 bridgehead atoms. The summed E-state index contributed by atoms with van der Waals surface area (Å²) >= 11 is 6.26. The van der Waals surface area contributed by atoms with Gasteiger partial charge in [-0.25, -0.2) is 8.42 Å². The molecule has 1 aliphatic rings. The van der Waals surface area contributed by atoms with Crippen molar-refractivity contribution in [3.63, 3.8) is 0 Å². The number of hydrogen-bond acceptors (Lipinski definition) is 6. The Morgan fingerprint density at radius 3 is 2.37 bits per heavy atom. The lowest BCUT2D eigenvalue weighted by Crippen LogP contribution is -2.51. The maximum absolute atomic E-state index is 13.9. The van der Waals surface area contributed by atoms with Gasteiger partial charge in [-0.15, -0.1) is 0 Å². The number of benzene rings is 3. The zero-order valence-electron chi connectivity index (χ0n) is 24.7. The van der Waals surface area contributed by atoms with Crippen molar-refractivity contribution in [2.24, 2.45) is 5.92 Å². The van der Waals surface area contributed by atoms with Crippen molar-refractivity contribution < 1.29 is 27.5 Å². The third kappa shape index (κ3) is 9.11. The van der Waals surface area contributed by atoms with Crippen LogP contribution in [0.5, 0.6) is 11.5 Å². The lowest BCUT2D eigenvalue weighted by atomic mass is 10.0. The van der Waals surface area contributed by atoms with Gasteiger partial charge in [0.2, 0.25) is 28.6 Å². The van der Waals surface area contributed by atoms with Gasteiger partial charge in [-0.2, -0.15) is 0 Å². The Labute approximate surface area is 258 Å². The molecule has 1 atom stereocenters. The Bertz CT molecular complexity index is 1520. The average Bonchev–Trinajstić information content (AvgIpc) is 3.44. The van der Waals surface area contributed by atoms with E-state index >= 15 is 0 Å². The van der Waals surface area contributed by atoms with E-state index in [1.807, 2.05) is 50.2 Å². The van der Waals surface area contributed by atoms with Crippen LogP contribution >= 0.6 is 11.6 Å². The fraction of sp³-hybridized carbons (Fsp3) is 0.375. The smallest absolute Gasteiger partial charge is 0.243 e. The van der Waals surface area contributed by atoms with Crippen molar-refractivity contribution in [1.29, 1.82) is 0 Å². The van der Waals surface area contributed by atoms with Gasteiger partial charge in [-0.05, 0) is 47.7 Å². The molecule has 0 aliphatic carbocycles. The fourth-order valence-corrected chi connectivity index (χ4v) is 6.02. The van der Waals surface area contributed by atoms with E-state index in [4.69, 9.17) is 21.1 Å². The molecule has 43 heavy (non-hydrogen) atoms. The normalized spacial score (nSPS) is 13.0. The van der Waals surface area contributed by atoms with Crippen LogP contribution in [0.25, 0.3) is 0 Å². The van der Waals surface area contributed by atoms with Crippen LogP contribution in [0.15, 0.2) is 72.8 Å². The number of fused-ring (bicyclic) bond motifs is 1.